The lowest BCUT2D eigenvalue weighted by Gasteiger charge is -2.26. The highest BCUT2D eigenvalue weighted by Gasteiger charge is 2.21. The van der Waals surface area contributed by atoms with Crippen molar-refractivity contribution in [2.24, 2.45) is 0 Å². The molecule has 17 heavy (non-hydrogen) atoms. The molecule has 1 aliphatic rings. The van der Waals surface area contributed by atoms with Gasteiger partial charge in [-0.25, -0.2) is 4.79 Å². The summed E-state index contributed by atoms with van der Waals surface area (Å²) in [6.07, 6.45) is 2.64. The number of hydrogen-bond acceptors (Lipinski definition) is 3. The van der Waals surface area contributed by atoms with Crippen LogP contribution in [-0.4, -0.2) is 17.7 Å². The zero-order valence-corrected chi connectivity index (χ0v) is 10.1. The van der Waals surface area contributed by atoms with Crippen LogP contribution in [0.1, 0.15) is 49.3 Å². The van der Waals surface area contributed by atoms with E-state index < -0.39 is 12.1 Å². The van der Waals surface area contributed by atoms with Crippen molar-refractivity contribution < 1.29 is 14.6 Å². The number of aliphatic hydroxyl groups excluding tert-OH is 1. The highest BCUT2D eigenvalue weighted by molar-refractivity contribution is 5.76. The van der Waals surface area contributed by atoms with E-state index in [1.165, 1.54) is 24.8 Å². The van der Waals surface area contributed by atoms with E-state index in [9.17, 15) is 9.90 Å². The Labute approximate surface area is 101 Å². The predicted molar refractivity (Wildman–Crippen MR) is 64.6 cm³/mol. The zero-order valence-electron chi connectivity index (χ0n) is 10.1. The molecule has 1 unspecified atom stereocenters. The first kappa shape index (κ1) is 12.1. The molecular weight excluding hydrogens is 216 g/mol. The summed E-state index contributed by atoms with van der Waals surface area (Å²) >= 11 is 0. The summed E-state index contributed by atoms with van der Waals surface area (Å²) in [4.78, 5) is 11.4. The average molecular weight is 234 g/mol. The maximum absolute atomic E-state index is 11.4. The van der Waals surface area contributed by atoms with Crippen molar-refractivity contribution >= 4 is 5.97 Å². The molecule has 1 N–H and O–H groups in total. The van der Waals surface area contributed by atoms with Gasteiger partial charge < -0.3 is 9.84 Å². The highest BCUT2D eigenvalue weighted by atomic mass is 16.5. The number of rotatable bonds is 4. The molecule has 0 bridgehead atoms. The smallest absolute Gasteiger partial charge is 0.339 e. The van der Waals surface area contributed by atoms with Crippen molar-refractivity contribution in [1.29, 1.82) is 0 Å². The van der Waals surface area contributed by atoms with E-state index in [2.05, 4.69) is 0 Å². The van der Waals surface area contributed by atoms with E-state index in [0.29, 0.717) is 11.5 Å². The normalized spacial score (nSPS) is 17.3. The van der Waals surface area contributed by atoms with Gasteiger partial charge in [-0.15, -0.1) is 0 Å². The molecule has 0 aromatic heterocycles. The first-order valence-electron chi connectivity index (χ1n) is 6.17. The molecule has 1 aliphatic carbocycles. The molecule has 0 saturated heterocycles. The second kappa shape index (κ2) is 5.32. The van der Waals surface area contributed by atoms with Crippen molar-refractivity contribution in [1.82, 2.24) is 0 Å². The van der Waals surface area contributed by atoms with Gasteiger partial charge in [-0.2, -0.15) is 0 Å². The maximum Gasteiger partial charge on any atom is 0.339 e. The van der Waals surface area contributed by atoms with Gasteiger partial charge >= 0.3 is 5.97 Å². The first-order chi connectivity index (χ1) is 8.22. The third-order valence-electron chi connectivity index (χ3n) is 3.34. The number of hydrogen-bond donors (Lipinski definition) is 1. The highest BCUT2D eigenvalue weighted by Crippen LogP contribution is 2.36. The van der Waals surface area contributed by atoms with Crippen LogP contribution in [-0.2, 0) is 9.53 Å². The predicted octanol–water partition coefficient (Wildman–Crippen LogP) is 2.55. The van der Waals surface area contributed by atoms with Gasteiger partial charge in [0, 0.05) is 0 Å². The van der Waals surface area contributed by atoms with Gasteiger partial charge in [0.05, 0.1) is 6.61 Å². The van der Waals surface area contributed by atoms with E-state index in [1.807, 2.05) is 24.3 Å². The van der Waals surface area contributed by atoms with Crippen LogP contribution in [0.3, 0.4) is 0 Å². The molecule has 3 heteroatoms. The van der Waals surface area contributed by atoms with Gasteiger partial charge in [0.25, 0.3) is 0 Å². The van der Waals surface area contributed by atoms with Crippen LogP contribution in [0.15, 0.2) is 24.3 Å². The molecule has 0 aliphatic heterocycles. The molecule has 92 valence electrons. The lowest BCUT2D eigenvalue weighted by molar-refractivity contribution is -0.153. The lowest BCUT2D eigenvalue weighted by Crippen LogP contribution is -2.15. The standard InChI is InChI=1S/C14H18O3/c1-2-17-14(16)13(15)12-8-6-11(7-9-12)10-4-3-5-10/h6-10,13,15H,2-5H2,1H3. The van der Waals surface area contributed by atoms with Gasteiger partial charge in [0.1, 0.15) is 0 Å². The van der Waals surface area contributed by atoms with Crippen molar-refractivity contribution in [3.05, 3.63) is 35.4 Å². The summed E-state index contributed by atoms with van der Waals surface area (Å²) in [5, 5.41) is 9.75. The minimum absolute atomic E-state index is 0.288. The average Bonchev–Trinajstić information content (AvgIpc) is 2.27. The van der Waals surface area contributed by atoms with E-state index in [4.69, 9.17) is 4.74 Å². The second-order valence-corrected chi connectivity index (χ2v) is 4.45. The summed E-state index contributed by atoms with van der Waals surface area (Å²) in [5.74, 6) is 0.0904. The van der Waals surface area contributed by atoms with Gasteiger partial charge in [0.2, 0.25) is 0 Å². The van der Waals surface area contributed by atoms with E-state index in [-0.39, 0.29) is 6.61 Å². The fourth-order valence-electron chi connectivity index (χ4n) is 2.05. The van der Waals surface area contributed by atoms with Gasteiger partial charge in [0.15, 0.2) is 6.10 Å². The largest absolute Gasteiger partial charge is 0.464 e. The van der Waals surface area contributed by atoms with E-state index >= 15 is 0 Å². The molecule has 2 rings (SSSR count). The van der Waals surface area contributed by atoms with Crippen molar-refractivity contribution in [2.45, 2.75) is 38.2 Å². The fourth-order valence-corrected chi connectivity index (χ4v) is 2.05. The molecule has 1 aromatic carbocycles. The SMILES string of the molecule is CCOC(=O)C(O)c1ccc(C2CCC2)cc1. The number of carbonyl (C=O) groups excluding carboxylic acids is 1. The minimum Gasteiger partial charge on any atom is -0.464 e. The van der Waals surface area contributed by atoms with Gasteiger partial charge in [-0.3, -0.25) is 0 Å². The number of benzene rings is 1. The molecule has 1 saturated carbocycles. The summed E-state index contributed by atoms with van der Waals surface area (Å²) in [7, 11) is 0. The van der Waals surface area contributed by atoms with Crippen molar-refractivity contribution in [3.8, 4) is 0 Å². The fraction of sp³-hybridized carbons (Fsp3) is 0.500. The number of carbonyl (C=O) groups is 1. The Hall–Kier alpha value is -1.35. The summed E-state index contributed by atoms with van der Waals surface area (Å²) in [6, 6.07) is 7.63. The molecule has 0 radical (unpaired) electrons. The first-order valence-corrected chi connectivity index (χ1v) is 6.17. The van der Waals surface area contributed by atoms with Crippen molar-refractivity contribution in [2.75, 3.05) is 6.61 Å². The molecular formula is C14H18O3. The monoisotopic (exact) mass is 234 g/mol. The Morgan fingerprint density at radius 1 is 1.41 bits per heavy atom. The summed E-state index contributed by atoms with van der Waals surface area (Å²) < 4.78 is 4.78. The number of aliphatic hydroxyl groups is 1. The Bertz CT molecular complexity index is 379. The zero-order chi connectivity index (χ0) is 12.3. The van der Waals surface area contributed by atoms with Gasteiger partial charge in [-0.05, 0) is 36.8 Å². The van der Waals surface area contributed by atoms with Crippen LogP contribution in [0, 0.1) is 0 Å². The lowest BCUT2D eigenvalue weighted by atomic mass is 9.80. The quantitative estimate of drug-likeness (QED) is 0.814. The van der Waals surface area contributed by atoms with Crippen LogP contribution in [0.2, 0.25) is 0 Å². The van der Waals surface area contributed by atoms with Crippen LogP contribution < -0.4 is 0 Å². The Morgan fingerprint density at radius 3 is 2.53 bits per heavy atom. The van der Waals surface area contributed by atoms with Crippen LogP contribution in [0.5, 0.6) is 0 Å². The Balaban J connectivity index is 2.03. The van der Waals surface area contributed by atoms with Gasteiger partial charge in [-0.1, -0.05) is 30.7 Å². The molecule has 1 fully saturated rings. The molecule has 3 nitrogen and oxygen atoms in total. The van der Waals surface area contributed by atoms with Crippen LogP contribution >= 0.6 is 0 Å². The van der Waals surface area contributed by atoms with Crippen LogP contribution in [0.4, 0.5) is 0 Å². The second-order valence-electron chi connectivity index (χ2n) is 4.45. The van der Waals surface area contributed by atoms with Crippen molar-refractivity contribution in [3.63, 3.8) is 0 Å². The molecule has 1 atom stereocenters. The number of ether oxygens (including phenoxy) is 1. The molecule has 0 heterocycles. The van der Waals surface area contributed by atoms with E-state index in [1.54, 1.807) is 6.92 Å². The summed E-state index contributed by atoms with van der Waals surface area (Å²) in [5.41, 5.74) is 1.91. The Morgan fingerprint density at radius 2 is 2.06 bits per heavy atom. The van der Waals surface area contributed by atoms with E-state index in [0.717, 1.165) is 0 Å². The molecule has 0 spiro atoms. The number of esters is 1. The Kier molecular flexibility index (Phi) is 3.79. The minimum atomic E-state index is -1.16. The van der Waals surface area contributed by atoms with Crippen LogP contribution in [0.25, 0.3) is 0 Å². The third-order valence-corrected chi connectivity index (χ3v) is 3.34. The topological polar surface area (TPSA) is 46.5 Å². The maximum atomic E-state index is 11.4. The molecule has 1 aromatic rings. The molecule has 0 amide bonds. The summed E-state index contributed by atoms with van der Waals surface area (Å²) in [6.45, 7) is 2.01. The third kappa shape index (κ3) is 2.67.